The van der Waals surface area contributed by atoms with Crippen LogP contribution in [0.3, 0.4) is 0 Å². The Balaban J connectivity index is 1.90. The highest BCUT2D eigenvalue weighted by molar-refractivity contribution is 7.91. The second-order valence-corrected chi connectivity index (χ2v) is 8.61. The molecule has 1 heterocycles. The maximum absolute atomic E-state index is 11.5. The van der Waals surface area contributed by atoms with E-state index in [2.05, 4.69) is 0 Å². The van der Waals surface area contributed by atoms with Crippen LogP contribution in [0.2, 0.25) is 0 Å². The Kier molecular flexibility index (Phi) is 5.07. The van der Waals surface area contributed by atoms with E-state index in [9.17, 15) is 23.4 Å². The third-order valence-electron chi connectivity index (χ3n) is 4.76. The van der Waals surface area contributed by atoms with E-state index in [-0.39, 0.29) is 23.8 Å². The molecule has 2 rings (SSSR count). The summed E-state index contributed by atoms with van der Waals surface area (Å²) in [4.78, 5) is 11.4. The summed E-state index contributed by atoms with van der Waals surface area (Å²) in [6.45, 7) is 0. The topological polar surface area (TPSA) is 91.7 Å². The lowest BCUT2D eigenvalue weighted by Crippen LogP contribution is -2.29. The lowest BCUT2D eigenvalue weighted by atomic mass is 9.85. The van der Waals surface area contributed by atoms with Gasteiger partial charge in [-0.05, 0) is 31.1 Å². The van der Waals surface area contributed by atoms with Crippen LogP contribution in [0.25, 0.3) is 0 Å². The minimum absolute atomic E-state index is 0.0416. The number of carbonyl (C=O) groups is 1. The molecule has 0 aromatic carbocycles. The summed E-state index contributed by atoms with van der Waals surface area (Å²) in [5.74, 6) is -1.50. The molecule has 3 unspecified atom stereocenters. The normalized spacial score (nSPS) is 29.4. The summed E-state index contributed by atoms with van der Waals surface area (Å²) in [6, 6.07) is 0. The van der Waals surface area contributed by atoms with E-state index in [0.717, 1.165) is 12.8 Å². The van der Waals surface area contributed by atoms with Gasteiger partial charge in [0.05, 0.1) is 23.5 Å². The second-order valence-electron chi connectivity index (χ2n) is 6.38. The first-order valence-electron chi connectivity index (χ1n) is 7.48. The molecule has 6 heteroatoms. The molecule has 1 aliphatic carbocycles. The molecule has 2 fully saturated rings. The van der Waals surface area contributed by atoms with E-state index in [1.54, 1.807) is 0 Å². The van der Waals surface area contributed by atoms with Crippen molar-refractivity contribution in [3.63, 3.8) is 0 Å². The van der Waals surface area contributed by atoms with Crippen molar-refractivity contribution in [3.05, 3.63) is 0 Å². The Morgan fingerprint density at radius 3 is 2.35 bits per heavy atom. The van der Waals surface area contributed by atoms with Crippen LogP contribution < -0.4 is 0 Å². The largest absolute Gasteiger partial charge is 0.481 e. The first-order chi connectivity index (χ1) is 9.37. The Hall–Kier alpha value is -0.620. The van der Waals surface area contributed by atoms with E-state index in [0.29, 0.717) is 18.8 Å². The molecular weight excluding hydrogens is 280 g/mol. The molecule has 5 nitrogen and oxygen atoms in total. The maximum atomic E-state index is 11.5. The van der Waals surface area contributed by atoms with Crippen molar-refractivity contribution in [2.24, 2.45) is 17.8 Å². The SMILES string of the molecule is O=C(O)C(CC(O)CC1CCCC1)C1CCS(=O)(=O)C1. The number of hydrogen-bond acceptors (Lipinski definition) is 4. The number of carboxylic acids is 1. The number of aliphatic hydroxyl groups excluding tert-OH is 1. The van der Waals surface area contributed by atoms with Crippen molar-refractivity contribution in [2.75, 3.05) is 11.5 Å². The number of sulfone groups is 1. The van der Waals surface area contributed by atoms with Crippen molar-refractivity contribution < 1.29 is 23.4 Å². The summed E-state index contributed by atoms with van der Waals surface area (Å²) in [6.07, 6.45) is 5.26. The van der Waals surface area contributed by atoms with E-state index < -0.39 is 27.8 Å². The van der Waals surface area contributed by atoms with Gasteiger partial charge in [-0.2, -0.15) is 0 Å². The van der Waals surface area contributed by atoms with Gasteiger partial charge in [0.25, 0.3) is 0 Å². The minimum Gasteiger partial charge on any atom is -0.481 e. The molecule has 0 aromatic rings. The third kappa shape index (κ3) is 4.19. The Bertz CT molecular complexity index is 438. The zero-order valence-corrected chi connectivity index (χ0v) is 12.5. The highest BCUT2D eigenvalue weighted by atomic mass is 32.2. The van der Waals surface area contributed by atoms with Crippen LogP contribution in [0, 0.1) is 17.8 Å². The van der Waals surface area contributed by atoms with Crippen LogP contribution in [0.1, 0.15) is 44.9 Å². The molecule has 2 N–H and O–H groups in total. The van der Waals surface area contributed by atoms with Gasteiger partial charge >= 0.3 is 5.97 Å². The predicted molar refractivity (Wildman–Crippen MR) is 75.1 cm³/mol. The van der Waals surface area contributed by atoms with Crippen LogP contribution in [0.4, 0.5) is 0 Å². The Morgan fingerprint density at radius 2 is 1.85 bits per heavy atom. The lowest BCUT2D eigenvalue weighted by Gasteiger charge is -2.23. The Morgan fingerprint density at radius 1 is 1.20 bits per heavy atom. The molecule has 1 saturated heterocycles. The van der Waals surface area contributed by atoms with Gasteiger partial charge in [-0.1, -0.05) is 25.7 Å². The molecule has 0 radical (unpaired) electrons. The summed E-state index contributed by atoms with van der Waals surface area (Å²) >= 11 is 0. The summed E-state index contributed by atoms with van der Waals surface area (Å²) < 4.78 is 23.0. The predicted octanol–water partition coefficient (Wildman–Crippen LogP) is 1.45. The van der Waals surface area contributed by atoms with Gasteiger partial charge in [-0.15, -0.1) is 0 Å². The van der Waals surface area contributed by atoms with Crippen molar-refractivity contribution in [2.45, 2.75) is 51.0 Å². The smallest absolute Gasteiger partial charge is 0.306 e. The Labute approximate surface area is 120 Å². The molecule has 1 aliphatic heterocycles. The van der Waals surface area contributed by atoms with Gasteiger partial charge in [0.2, 0.25) is 0 Å². The average Bonchev–Trinajstić information content (AvgIpc) is 2.95. The minimum atomic E-state index is -3.08. The molecular formula is C14H24O5S. The van der Waals surface area contributed by atoms with Crippen molar-refractivity contribution >= 4 is 15.8 Å². The molecule has 20 heavy (non-hydrogen) atoms. The van der Waals surface area contributed by atoms with Crippen LogP contribution in [-0.2, 0) is 14.6 Å². The zero-order chi connectivity index (χ0) is 14.8. The van der Waals surface area contributed by atoms with Gasteiger partial charge in [0, 0.05) is 0 Å². The van der Waals surface area contributed by atoms with Gasteiger partial charge in [-0.25, -0.2) is 8.42 Å². The molecule has 0 aromatic heterocycles. The third-order valence-corrected chi connectivity index (χ3v) is 6.55. The standard InChI is InChI=1S/C14H24O5S/c15-12(7-10-3-1-2-4-10)8-13(14(16)17)11-5-6-20(18,19)9-11/h10-13,15H,1-9H2,(H,16,17). The van der Waals surface area contributed by atoms with E-state index in [1.165, 1.54) is 12.8 Å². The molecule has 0 amide bonds. The van der Waals surface area contributed by atoms with Crippen LogP contribution in [0.5, 0.6) is 0 Å². The maximum Gasteiger partial charge on any atom is 0.306 e. The molecule has 2 aliphatic rings. The highest BCUT2D eigenvalue weighted by Gasteiger charge is 2.38. The number of aliphatic hydroxyl groups is 1. The summed E-state index contributed by atoms with van der Waals surface area (Å²) in [7, 11) is -3.08. The fraction of sp³-hybridized carbons (Fsp3) is 0.929. The van der Waals surface area contributed by atoms with Crippen molar-refractivity contribution in [1.82, 2.24) is 0 Å². The first-order valence-corrected chi connectivity index (χ1v) is 9.31. The van der Waals surface area contributed by atoms with E-state index in [1.807, 2.05) is 0 Å². The number of hydrogen-bond donors (Lipinski definition) is 2. The molecule has 0 spiro atoms. The number of aliphatic carboxylic acids is 1. The zero-order valence-electron chi connectivity index (χ0n) is 11.7. The van der Waals surface area contributed by atoms with E-state index in [4.69, 9.17) is 0 Å². The van der Waals surface area contributed by atoms with Gasteiger partial charge in [0.15, 0.2) is 9.84 Å². The van der Waals surface area contributed by atoms with Crippen molar-refractivity contribution in [1.29, 1.82) is 0 Å². The lowest BCUT2D eigenvalue weighted by molar-refractivity contribution is -0.144. The monoisotopic (exact) mass is 304 g/mol. The van der Waals surface area contributed by atoms with Crippen molar-refractivity contribution in [3.8, 4) is 0 Å². The van der Waals surface area contributed by atoms with Gasteiger partial charge < -0.3 is 10.2 Å². The van der Waals surface area contributed by atoms with Gasteiger partial charge in [-0.3, -0.25) is 4.79 Å². The van der Waals surface area contributed by atoms with E-state index >= 15 is 0 Å². The molecule has 116 valence electrons. The fourth-order valence-corrected chi connectivity index (χ4v) is 5.54. The van der Waals surface area contributed by atoms with Crippen LogP contribution in [-0.4, -0.2) is 42.2 Å². The quantitative estimate of drug-likeness (QED) is 0.775. The average molecular weight is 304 g/mol. The second kappa shape index (κ2) is 6.43. The molecule has 1 saturated carbocycles. The highest BCUT2D eigenvalue weighted by Crippen LogP contribution is 2.33. The number of rotatable bonds is 6. The molecule has 3 atom stereocenters. The summed E-state index contributed by atoms with van der Waals surface area (Å²) in [5.41, 5.74) is 0. The number of carboxylic acid groups (broad SMARTS) is 1. The van der Waals surface area contributed by atoms with Gasteiger partial charge in [0.1, 0.15) is 0 Å². The van der Waals surface area contributed by atoms with Crippen LogP contribution >= 0.6 is 0 Å². The molecule has 0 bridgehead atoms. The first kappa shape index (κ1) is 15.8. The summed E-state index contributed by atoms with van der Waals surface area (Å²) in [5, 5.41) is 19.4. The fourth-order valence-electron chi connectivity index (χ4n) is 3.66. The van der Waals surface area contributed by atoms with Crippen LogP contribution in [0.15, 0.2) is 0 Å².